The van der Waals surface area contributed by atoms with E-state index in [0.717, 1.165) is 44.4 Å². The summed E-state index contributed by atoms with van der Waals surface area (Å²) in [6.07, 6.45) is 5.38. The van der Waals surface area contributed by atoms with Gasteiger partial charge >= 0.3 is 6.09 Å². The molecule has 6 rings (SSSR count). The van der Waals surface area contributed by atoms with Gasteiger partial charge in [-0.25, -0.2) is 14.3 Å². The highest BCUT2D eigenvalue weighted by molar-refractivity contribution is 6.10. The maximum atomic E-state index is 12.7. The van der Waals surface area contributed by atoms with Crippen molar-refractivity contribution < 1.29 is 14.3 Å². The number of rotatable bonds is 4. The average molecular weight is 577 g/mol. The Morgan fingerprint density at radius 2 is 1.53 bits per heavy atom. The van der Waals surface area contributed by atoms with Crippen LogP contribution in [0.3, 0.4) is 0 Å². The van der Waals surface area contributed by atoms with Crippen LogP contribution < -0.4 is 10.6 Å². The van der Waals surface area contributed by atoms with Gasteiger partial charge < -0.3 is 20.3 Å². The molecular formula is C34H36N6O3. The maximum Gasteiger partial charge on any atom is 0.410 e. The zero-order valence-electron chi connectivity index (χ0n) is 25.1. The van der Waals surface area contributed by atoms with Crippen molar-refractivity contribution in [1.82, 2.24) is 19.5 Å². The molecule has 0 bridgehead atoms. The lowest BCUT2D eigenvalue weighted by molar-refractivity contribution is 0.0193. The maximum absolute atomic E-state index is 12.7. The zero-order chi connectivity index (χ0) is 30.5. The van der Waals surface area contributed by atoms with Crippen LogP contribution in [0.15, 0.2) is 79.3 Å². The Balaban J connectivity index is 1.24. The molecule has 43 heavy (non-hydrogen) atoms. The molecule has 0 aliphatic carbocycles. The lowest BCUT2D eigenvalue weighted by Crippen LogP contribution is -2.58. The van der Waals surface area contributed by atoms with Gasteiger partial charge in [-0.3, -0.25) is 4.79 Å². The third-order valence-electron chi connectivity index (χ3n) is 7.90. The number of nitrogens with two attached hydrogens (primary N) is 1. The fourth-order valence-electron chi connectivity index (χ4n) is 6.11. The van der Waals surface area contributed by atoms with E-state index >= 15 is 0 Å². The van der Waals surface area contributed by atoms with Crippen LogP contribution in [0.4, 0.5) is 10.5 Å². The minimum atomic E-state index is -0.516. The smallest absolute Gasteiger partial charge is 0.410 e. The highest BCUT2D eigenvalue weighted by Crippen LogP contribution is 2.33. The van der Waals surface area contributed by atoms with Crippen LogP contribution in [0.1, 0.15) is 45.0 Å². The Morgan fingerprint density at radius 3 is 2.21 bits per heavy atom. The van der Waals surface area contributed by atoms with Gasteiger partial charge in [0.05, 0.1) is 6.20 Å². The van der Waals surface area contributed by atoms with Gasteiger partial charge in [0.25, 0.3) is 0 Å². The zero-order valence-corrected chi connectivity index (χ0v) is 25.1. The van der Waals surface area contributed by atoms with Gasteiger partial charge in [-0.1, -0.05) is 42.5 Å². The molecule has 2 unspecified atom stereocenters. The van der Waals surface area contributed by atoms with Gasteiger partial charge in [0.2, 0.25) is 5.91 Å². The highest BCUT2D eigenvalue weighted by atomic mass is 16.6. The predicted molar refractivity (Wildman–Crippen MR) is 169 cm³/mol. The number of fused-ring (bicyclic) bond motifs is 2. The van der Waals surface area contributed by atoms with E-state index < -0.39 is 11.5 Å². The Morgan fingerprint density at radius 1 is 0.860 bits per heavy atom. The second-order valence-electron chi connectivity index (χ2n) is 12.3. The number of ether oxygens (including phenoxy) is 1. The number of piperazine rings is 1. The van der Waals surface area contributed by atoms with E-state index in [1.807, 2.05) is 63.5 Å². The summed E-state index contributed by atoms with van der Waals surface area (Å²) in [5, 5.41) is 6.34. The molecule has 2 amide bonds. The summed E-state index contributed by atoms with van der Waals surface area (Å²) in [6.45, 7) is 11.1. The van der Waals surface area contributed by atoms with E-state index in [0.29, 0.717) is 18.7 Å². The molecule has 3 heterocycles. The third-order valence-corrected chi connectivity index (χ3v) is 7.90. The molecule has 9 nitrogen and oxygen atoms in total. The predicted octanol–water partition coefficient (Wildman–Crippen LogP) is 6.15. The number of benzene rings is 3. The van der Waals surface area contributed by atoms with Crippen molar-refractivity contribution in [1.29, 1.82) is 0 Å². The van der Waals surface area contributed by atoms with Gasteiger partial charge in [-0.2, -0.15) is 5.10 Å². The number of aromatic nitrogens is 3. The summed E-state index contributed by atoms with van der Waals surface area (Å²) >= 11 is 0. The lowest BCUT2D eigenvalue weighted by atomic mass is 9.96. The standard InChI is InChI=1S/C34H36N6O3/c1-21-18-38(33(42)43-34(3,4)5)19-22(2)40(21)25-14-12-23(13-15-25)24-16-36-32-30(17-37-39(32)20-24)28-10-6-9-27-26(28)8-7-11-29(27)31(35)41/h6-17,20-22H,18-19H2,1-5H3,(H2,35,41). The molecule has 9 heteroatoms. The van der Waals surface area contributed by atoms with Crippen LogP contribution in [-0.4, -0.2) is 62.3 Å². The van der Waals surface area contributed by atoms with Gasteiger partial charge in [-0.05, 0) is 74.7 Å². The molecular weight excluding hydrogens is 540 g/mol. The van der Waals surface area contributed by atoms with Crippen molar-refractivity contribution in [2.45, 2.75) is 52.3 Å². The van der Waals surface area contributed by atoms with Crippen molar-refractivity contribution in [2.75, 3.05) is 18.0 Å². The monoisotopic (exact) mass is 576 g/mol. The van der Waals surface area contributed by atoms with Gasteiger partial charge in [0.15, 0.2) is 5.65 Å². The van der Waals surface area contributed by atoms with E-state index in [9.17, 15) is 9.59 Å². The average Bonchev–Trinajstić information content (AvgIpc) is 3.38. The molecule has 5 aromatic rings. The van der Waals surface area contributed by atoms with Gasteiger partial charge in [0.1, 0.15) is 5.60 Å². The van der Waals surface area contributed by atoms with Gasteiger partial charge in [0, 0.05) is 59.9 Å². The molecule has 2 N–H and O–H groups in total. The van der Waals surface area contributed by atoms with Crippen LogP contribution in [-0.2, 0) is 4.74 Å². The van der Waals surface area contributed by atoms with Crippen LogP contribution >= 0.6 is 0 Å². The SMILES string of the molecule is CC1CN(C(=O)OC(C)(C)C)CC(C)N1c1ccc(-c2cnc3c(-c4cccc5c(C(N)=O)cccc45)cnn3c2)cc1. The van der Waals surface area contributed by atoms with E-state index in [1.165, 1.54) is 0 Å². The minimum absolute atomic E-state index is 0.135. The second kappa shape index (κ2) is 10.7. The van der Waals surface area contributed by atoms with Crippen LogP contribution in [0.2, 0.25) is 0 Å². The molecule has 1 aliphatic heterocycles. The number of hydrogen-bond donors (Lipinski definition) is 1. The van der Waals surface area contributed by atoms with Crippen molar-refractivity contribution in [3.05, 3.63) is 84.8 Å². The Labute approximate surface area is 250 Å². The fourth-order valence-corrected chi connectivity index (χ4v) is 6.11. The van der Waals surface area contributed by atoms with Crippen molar-refractivity contribution in [2.24, 2.45) is 5.73 Å². The van der Waals surface area contributed by atoms with Crippen LogP contribution in [0.25, 0.3) is 38.7 Å². The Kier molecular flexibility index (Phi) is 7.04. The normalized spacial score (nSPS) is 17.4. The first-order valence-corrected chi connectivity index (χ1v) is 14.5. The van der Waals surface area contributed by atoms with E-state index in [1.54, 1.807) is 21.7 Å². The number of nitrogens with zero attached hydrogens (tertiary/aromatic N) is 5. The molecule has 1 saturated heterocycles. The summed E-state index contributed by atoms with van der Waals surface area (Å²) in [7, 11) is 0. The number of carbonyl (C=O) groups is 2. The van der Waals surface area contributed by atoms with E-state index in [-0.39, 0.29) is 18.2 Å². The molecule has 0 saturated carbocycles. The molecule has 220 valence electrons. The van der Waals surface area contributed by atoms with Crippen molar-refractivity contribution >= 4 is 34.1 Å². The van der Waals surface area contributed by atoms with Gasteiger partial charge in [-0.15, -0.1) is 0 Å². The molecule has 2 atom stereocenters. The van der Waals surface area contributed by atoms with Crippen LogP contribution in [0, 0.1) is 0 Å². The Bertz CT molecular complexity index is 1830. The fraction of sp³-hybridized carbons (Fsp3) is 0.294. The largest absolute Gasteiger partial charge is 0.444 e. The van der Waals surface area contributed by atoms with Crippen LogP contribution in [0.5, 0.6) is 0 Å². The Hall–Kier alpha value is -4.92. The minimum Gasteiger partial charge on any atom is -0.444 e. The number of amides is 2. The first kappa shape index (κ1) is 28.2. The summed E-state index contributed by atoms with van der Waals surface area (Å²) in [6, 6.07) is 20.1. The molecule has 2 aromatic heterocycles. The summed E-state index contributed by atoms with van der Waals surface area (Å²) in [5.74, 6) is -0.455. The molecule has 1 aliphatic rings. The second-order valence-corrected chi connectivity index (χ2v) is 12.3. The van der Waals surface area contributed by atoms with E-state index in [2.05, 4.69) is 48.1 Å². The first-order chi connectivity index (χ1) is 20.5. The molecule has 1 fully saturated rings. The highest BCUT2D eigenvalue weighted by Gasteiger charge is 2.34. The lowest BCUT2D eigenvalue weighted by Gasteiger charge is -2.45. The molecule has 0 spiro atoms. The summed E-state index contributed by atoms with van der Waals surface area (Å²) in [4.78, 5) is 33.6. The first-order valence-electron chi connectivity index (χ1n) is 14.5. The number of anilines is 1. The number of primary amides is 1. The van der Waals surface area contributed by atoms with E-state index in [4.69, 9.17) is 15.5 Å². The summed E-state index contributed by atoms with van der Waals surface area (Å²) < 4.78 is 7.39. The van der Waals surface area contributed by atoms with Crippen molar-refractivity contribution in [3.63, 3.8) is 0 Å². The molecule has 0 radical (unpaired) electrons. The number of carbonyl (C=O) groups excluding carboxylic acids is 2. The third kappa shape index (κ3) is 5.38. The van der Waals surface area contributed by atoms with Crippen molar-refractivity contribution in [3.8, 4) is 22.3 Å². The number of hydrogen-bond acceptors (Lipinski definition) is 6. The molecule has 3 aromatic carbocycles. The summed E-state index contributed by atoms with van der Waals surface area (Å²) in [5.41, 5.74) is 11.2. The quantitative estimate of drug-likeness (QED) is 0.275. The topological polar surface area (TPSA) is 106 Å².